The summed E-state index contributed by atoms with van der Waals surface area (Å²) in [6.45, 7) is 3.00. The lowest BCUT2D eigenvalue weighted by Crippen LogP contribution is -2.42. The Morgan fingerprint density at radius 1 is 1.53 bits per heavy atom. The van der Waals surface area contributed by atoms with Crippen LogP contribution < -0.4 is 15.4 Å². The Labute approximate surface area is 114 Å². The fraction of sp³-hybridized carbons (Fsp3) is 0.533. The molecule has 2 N–H and O–H groups in total. The van der Waals surface area contributed by atoms with E-state index in [9.17, 15) is 4.79 Å². The Balaban J connectivity index is 2.08. The van der Waals surface area contributed by atoms with Crippen LogP contribution in [-0.4, -0.2) is 25.6 Å². The lowest BCUT2D eigenvalue weighted by Gasteiger charge is -2.21. The Bertz CT molecular complexity index is 428. The summed E-state index contributed by atoms with van der Waals surface area (Å²) < 4.78 is 5.37. The van der Waals surface area contributed by atoms with Crippen molar-refractivity contribution in [3.63, 3.8) is 0 Å². The van der Waals surface area contributed by atoms with Crippen LogP contribution in [-0.2, 0) is 4.79 Å². The van der Waals surface area contributed by atoms with Crippen molar-refractivity contribution in [3.05, 3.63) is 29.8 Å². The van der Waals surface area contributed by atoms with E-state index in [2.05, 4.69) is 17.6 Å². The highest BCUT2D eigenvalue weighted by atomic mass is 16.5. The zero-order valence-electron chi connectivity index (χ0n) is 11.6. The zero-order valence-corrected chi connectivity index (χ0v) is 11.6. The third-order valence-corrected chi connectivity index (χ3v) is 3.62. The standard InChI is InChI=1S/C15H22N2O2/c1-3-12(11-7-4-5-9-14(11)19-2)17-15(18)13-8-6-10-16-13/h4-5,7,9,12-13,16H,3,6,8,10H2,1-2H3,(H,17,18)/t12?,13-/m0/s1. The number of hydrogen-bond acceptors (Lipinski definition) is 3. The van der Waals surface area contributed by atoms with Gasteiger partial charge in [0.25, 0.3) is 0 Å². The minimum absolute atomic E-state index is 0.00560. The number of para-hydroxylation sites is 1. The minimum atomic E-state index is -0.0382. The van der Waals surface area contributed by atoms with Crippen molar-refractivity contribution in [2.24, 2.45) is 0 Å². The lowest BCUT2D eigenvalue weighted by atomic mass is 10.0. The molecule has 1 amide bonds. The summed E-state index contributed by atoms with van der Waals surface area (Å²) in [6, 6.07) is 7.82. The van der Waals surface area contributed by atoms with E-state index in [-0.39, 0.29) is 18.0 Å². The van der Waals surface area contributed by atoms with E-state index >= 15 is 0 Å². The quantitative estimate of drug-likeness (QED) is 0.853. The minimum Gasteiger partial charge on any atom is -0.496 e. The fourth-order valence-corrected chi connectivity index (χ4v) is 2.53. The molecular weight excluding hydrogens is 240 g/mol. The van der Waals surface area contributed by atoms with Gasteiger partial charge in [-0.15, -0.1) is 0 Å². The number of ether oxygens (including phenoxy) is 1. The van der Waals surface area contributed by atoms with Gasteiger partial charge in [0.05, 0.1) is 19.2 Å². The Kier molecular flexibility index (Phi) is 4.80. The summed E-state index contributed by atoms with van der Waals surface area (Å²) >= 11 is 0. The Morgan fingerprint density at radius 2 is 2.32 bits per heavy atom. The van der Waals surface area contributed by atoms with Crippen LogP contribution in [0.4, 0.5) is 0 Å². The average Bonchev–Trinajstić information content (AvgIpc) is 2.98. The van der Waals surface area contributed by atoms with Crippen molar-refractivity contribution >= 4 is 5.91 Å². The first-order valence-electron chi connectivity index (χ1n) is 6.93. The van der Waals surface area contributed by atoms with Crippen LogP contribution >= 0.6 is 0 Å². The fourth-order valence-electron chi connectivity index (χ4n) is 2.53. The maximum absolute atomic E-state index is 12.2. The summed E-state index contributed by atoms with van der Waals surface area (Å²) in [5.41, 5.74) is 1.04. The van der Waals surface area contributed by atoms with Gasteiger partial charge in [-0.3, -0.25) is 4.79 Å². The van der Waals surface area contributed by atoms with Crippen molar-refractivity contribution in [2.45, 2.75) is 38.3 Å². The summed E-state index contributed by atoms with van der Waals surface area (Å²) in [5, 5.41) is 6.34. The molecule has 0 aromatic heterocycles. The number of carbonyl (C=O) groups excluding carboxylic acids is 1. The van der Waals surface area contributed by atoms with Crippen LogP contribution in [0.2, 0.25) is 0 Å². The first-order valence-corrected chi connectivity index (χ1v) is 6.93. The topological polar surface area (TPSA) is 50.4 Å². The third kappa shape index (κ3) is 3.26. The molecule has 2 rings (SSSR count). The van der Waals surface area contributed by atoms with Crippen LogP contribution in [0.5, 0.6) is 5.75 Å². The molecule has 0 saturated carbocycles. The molecule has 2 atom stereocenters. The van der Waals surface area contributed by atoms with Gasteiger partial charge in [-0.1, -0.05) is 25.1 Å². The van der Waals surface area contributed by atoms with Gasteiger partial charge in [0.1, 0.15) is 5.75 Å². The number of methoxy groups -OCH3 is 1. The highest BCUT2D eigenvalue weighted by molar-refractivity contribution is 5.82. The zero-order chi connectivity index (χ0) is 13.7. The first-order chi connectivity index (χ1) is 9.26. The molecule has 1 aromatic rings. The molecular formula is C15H22N2O2. The number of carbonyl (C=O) groups is 1. The molecule has 1 saturated heterocycles. The van der Waals surface area contributed by atoms with E-state index in [1.807, 2.05) is 24.3 Å². The molecule has 1 fully saturated rings. The average molecular weight is 262 g/mol. The van der Waals surface area contributed by atoms with E-state index in [1.54, 1.807) is 7.11 Å². The first kappa shape index (κ1) is 13.9. The molecule has 0 bridgehead atoms. The second-order valence-corrected chi connectivity index (χ2v) is 4.86. The maximum atomic E-state index is 12.2. The molecule has 4 nitrogen and oxygen atoms in total. The van der Waals surface area contributed by atoms with Gasteiger partial charge in [0, 0.05) is 5.56 Å². The monoisotopic (exact) mass is 262 g/mol. The van der Waals surface area contributed by atoms with Gasteiger partial charge in [0.15, 0.2) is 0 Å². The number of amides is 1. The van der Waals surface area contributed by atoms with E-state index in [4.69, 9.17) is 4.74 Å². The number of hydrogen-bond donors (Lipinski definition) is 2. The van der Waals surface area contributed by atoms with Crippen molar-refractivity contribution in [3.8, 4) is 5.75 Å². The SMILES string of the molecule is CCC(NC(=O)[C@@H]1CCCN1)c1ccccc1OC. The van der Waals surface area contributed by atoms with Crippen LogP contribution in [0.3, 0.4) is 0 Å². The van der Waals surface area contributed by atoms with Gasteiger partial charge in [-0.05, 0) is 31.9 Å². The third-order valence-electron chi connectivity index (χ3n) is 3.62. The van der Waals surface area contributed by atoms with E-state index in [1.165, 1.54) is 0 Å². The van der Waals surface area contributed by atoms with Gasteiger partial charge >= 0.3 is 0 Å². The smallest absolute Gasteiger partial charge is 0.237 e. The predicted molar refractivity (Wildman–Crippen MR) is 75.2 cm³/mol. The molecule has 0 spiro atoms. The number of benzene rings is 1. The molecule has 1 aliphatic rings. The van der Waals surface area contributed by atoms with Gasteiger partial charge in [-0.2, -0.15) is 0 Å². The highest BCUT2D eigenvalue weighted by Crippen LogP contribution is 2.27. The Hall–Kier alpha value is -1.55. The van der Waals surface area contributed by atoms with Gasteiger partial charge in [-0.25, -0.2) is 0 Å². The molecule has 0 radical (unpaired) electrons. The van der Waals surface area contributed by atoms with E-state index < -0.39 is 0 Å². The highest BCUT2D eigenvalue weighted by Gasteiger charge is 2.25. The van der Waals surface area contributed by atoms with Crippen molar-refractivity contribution < 1.29 is 9.53 Å². The van der Waals surface area contributed by atoms with Crippen LogP contribution in [0, 0.1) is 0 Å². The molecule has 104 valence electrons. The molecule has 19 heavy (non-hydrogen) atoms. The van der Waals surface area contributed by atoms with Crippen LogP contribution in [0.1, 0.15) is 37.8 Å². The molecule has 1 heterocycles. The molecule has 4 heteroatoms. The van der Waals surface area contributed by atoms with Crippen molar-refractivity contribution in [1.82, 2.24) is 10.6 Å². The van der Waals surface area contributed by atoms with Gasteiger partial charge in [0.2, 0.25) is 5.91 Å². The summed E-state index contributed by atoms with van der Waals surface area (Å²) in [4.78, 5) is 12.2. The van der Waals surface area contributed by atoms with E-state index in [0.29, 0.717) is 0 Å². The Morgan fingerprint density at radius 3 is 2.95 bits per heavy atom. The predicted octanol–water partition coefficient (Wildman–Crippen LogP) is 2.01. The van der Waals surface area contributed by atoms with Crippen molar-refractivity contribution in [1.29, 1.82) is 0 Å². The second-order valence-electron chi connectivity index (χ2n) is 4.86. The molecule has 0 aliphatic carbocycles. The normalized spacial score (nSPS) is 20.0. The number of nitrogens with one attached hydrogen (secondary N) is 2. The second kappa shape index (κ2) is 6.57. The van der Waals surface area contributed by atoms with Crippen LogP contribution in [0.15, 0.2) is 24.3 Å². The summed E-state index contributed by atoms with van der Waals surface area (Å²) in [5.74, 6) is 0.921. The van der Waals surface area contributed by atoms with Crippen molar-refractivity contribution in [2.75, 3.05) is 13.7 Å². The largest absolute Gasteiger partial charge is 0.496 e. The summed E-state index contributed by atoms with van der Waals surface area (Å²) in [6.07, 6.45) is 2.84. The maximum Gasteiger partial charge on any atom is 0.237 e. The molecule has 1 unspecified atom stereocenters. The van der Waals surface area contributed by atoms with Gasteiger partial charge < -0.3 is 15.4 Å². The number of rotatable bonds is 5. The summed E-state index contributed by atoms with van der Waals surface area (Å²) in [7, 11) is 1.66. The lowest BCUT2D eigenvalue weighted by molar-refractivity contribution is -0.123. The van der Waals surface area contributed by atoms with Crippen LogP contribution in [0.25, 0.3) is 0 Å². The molecule has 1 aromatic carbocycles. The molecule has 1 aliphatic heterocycles. The van der Waals surface area contributed by atoms with E-state index in [0.717, 1.165) is 37.1 Å².